The van der Waals surface area contributed by atoms with E-state index in [1.165, 1.54) is 11.1 Å². The maximum absolute atomic E-state index is 5.19. The molecule has 1 aromatic carbocycles. The van der Waals surface area contributed by atoms with Crippen molar-refractivity contribution in [3.8, 4) is 5.75 Å². The van der Waals surface area contributed by atoms with E-state index in [0.29, 0.717) is 6.04 Å². The zero-order chi connectivity index (χ0) is 16.7. The molecule has 0 aliphatic carbocycles. The van der Waals surface area contributed by atoms with Gasteiger partial charge in [0.2, 0.25) is 0 Å². The highest BCUT2D eigenvalue weighted by atomic mass is 16.5. The molecule has 0 spiro atoms. The average Bonchev–Trinajstić information content (AvgIpc) is 2.57. The Kier molecular flexibility index (Phi) is 6.41. The number of aryl methyl sites for hydroxylation is 1. The first kappa shape index (κ1) is 17.3. The van der Waals surface area contributed by atoms with E-state index in [0.717, 1.165) is 36.6 Å². The lowest BCUT2D eigenvalue weighted by atomic mass is 10.1. The van der Waals surface area contributed by atoms with Crippen molar-refractivity contribution in [3.05, 3.63) is 53.2 Å². The summed E-state index contributed by atoms with van der Waals surface area (Å²) in [6.07, 6.45) is 2.01. The lowest BCUT2D eigenvalue weighted by molar-refractivity contribution is 0.414. The first-order valence-corrected chi connectivity index (χ1v) is 8.13. The predicted octanol–water partition coefficient (Wildman–Crippen LogP) is 3.20. The molecule has 124 valence electrons. The number of hydrogen-bond donors (Lipinski definition) is 2. The molecule has 0 bridgehead atoms. The lowest BCUT2D eigenvalue weighted by Crippen LogP contribution is -2.30. The van der Waals surface area contributed by atoms with Crippen molar-refractivity contribution in [1.82, 2.24) is 10.3 Å². The Balaban J connectivity index is 1.78. The Morgan fingerprint density at radius 3 is 2.48 bits per heavy atom. The zero-order valence-electron chi connectivity index (χ0n) is 14.5. The third-order valence-corrected chi connectivity index (χ3v) is 4.04. The van der Waals surface area contributed by atoms with Crippen LogP contribution >= 0.6 is 0 Å². The first-order chi connectivity index (χ1) is 11.1. The Hall–Kier alpha value is -2.07. The van der Waals surface area contributed by atoms with E-state index in [-0.39, 0.29) is 0 Å². The van der Waals surface area contributed by atoms with Crippen LogP contribution in [0.4, 0.5) is 5.82 Å². The van der Waals surface area contributed by atoms with Crippen molar-refractivity contribution in [2.45, 2.75) is 32.7 Å². The van der Waals surface area contributed by atoms with Crippen molar-refractivity contribution < 1.29 is 4.74 Å². The molecule has 1 atom stereocenters. The molecule has 0 fully saturated rings. The van der Waals surface area contributed by atoms with Crippen molar-refractivity contribution in [3.63, 3.8) is 0 Å². The third kappa shape index (κ3) is 5.25. The fraction of sp³-hybridized carbons (Fsp3) is 0.421. The standard InChI is InChI=1S/C19H27N3O/c1-14(13-16-5-8-18(23-4)9-6-16)21-12-11-17-7-10-19(20-3)22-15(17)2/h5-10,14,21H,11-13H2,1-4H3,(H,20,22)/t14-/m1/s1. The van der Waals surface area contributed by atoms with Crippen LogP contribution in [0.25, 0.3) is 0 Å². The van der Waals surface area contributed by atoms with E-state index in [1.54, 1.807) is 7.11 Å². The molecule has 0 saturated heterocycles. The maximum atomic E-state index is 5.19. The van der Waals surface area contributed by atoms with Crippen LogP contribution in [0.15, 0.2) is 36.4 Å². The molecular formula is C19H27N3O. The molecule has 2 N–H and O–H groups in total. The normalized spacial score (nSPS) is 12.0. The van der Waals surface area contributed by atoms with E-state index >= 15 is 0 Å². The highest BCUT2D eigenvalue weighted by Crippen LogP contribution is 2.13. The van der Waals surface area contributed by atoms with Gasteiger partial charge in [0.25, 0.3) is 0 Å². The highest BCUT2D eigenvalue weighted by molar-refractivity contribution is 5.37. The number of nitrogens with one attached hydrogen (secondary N) is 2. The second-order valence-corrected chi connectivity index (χ2v) is 5.85. The fourth-order valence-corrected chi connectivity index (χ4v) is 2.63. The number of hydrogen-bond acceptors (Lipinski definition) is 4. The number of aromatic nitrogens is 1. The summed E-state index contributed by atoms with van der Waals surface area (Å²) < 4.78 is 5.19. The quantitative estimate of drug-likeness (QED) is 0.785. The summed E-state index contributed by atoms with van der Waals surface area (Å²) in [6.45, 7) is 5.25. The molecule has 23 heavy (non-hydrogen) atoms. The van der Waals surface area contributed by atoms with Gasteiger partial charge in [-0.15, -0.1) is 0 Å². The number of benzene rings is 1. The summed E-state index contributed by atoms with van der Waals surface area (Å²) in [5, 5.41) is 6.66. The predicted molar refractivity (Wildman–Crippen MR) is 96.4 cm³/mol. The molecular weight excluding hydrogens is 286 g/mol. The number of anilines is 1. The molecule has 0 radical (unpaired) electrons. The number of ether oxygens (including phenoxy) is 1. The van der Waals surface area contributed by atoms with Gasteiger partial charge in [0.15, 0.2) is 0 Å². The molecule has 1 heterocycles. The van der Waals surface area contributed by atoms with Gasteiger partial charge >= 0.3 is 0 Å². The van der Waals surface area contributed by atoms with Crippen LogP contribution in [0.2, 0.25) is 0 Å². The van der Waals surface area contributed by atoms with Gasteiger partial charge in [0.1, 0.15) is 11.6 Å². The van der Waals surface area contributed by atoms with Crippen molar-refractivity contribution in [2.24, 2.45) is 0 Å². The van der Waals surface area contributed by atoms with Gasteiger partial charge < -0.3 is 15.4 Å². The Labute approximate surface area is 139 Å². The minimum absolute atomic E-state index is 0.438. The van der Waals surface area contributed by atoms with E-state index < -0.39 is 0 Å². The highest BCUT2D eigenvalue weighted by Gasteiger charge is 2.05. The summed E-state index contributed by atoms with van der Waals surface area (Å²) >= 11 is 0. The molecule has 0 aliphatic rings. The van der Waals surface area contributed by atoms with Crippen LogP contribution < -0.4 is 15.4 Å². The molecule has 0 saturated carbocycles. The van der Waals surface area contributed by atoms with Crippen LogP contribution in [-0.4, -0.2) is 31.7 Å². The number of pyridine rings is 1. The van der Waals surface area contributed by atoms with E-state index in [2.05, 4.69) is 47.7 Å². The van der Waals surface area contributed by atoms with E-state index in [1.807, 2.05) is 25.2 Å². The monoisotopic (exact) mass is 313 g/mol. The zero-order valence-corrected chi connectivity index (χ0v) is 14.5. The van der Waals surface area contributed by atoms with Gasteiger partial charge in [-0.05, 0) is 62.6 Å². The molecule has 0 aliphatic heterocycles. The summed E-state index contributed by atoms with van der Waals surface area (Å²) in [7, 11) is 3.59. The molecule has 0 amide bonds. The second kappa shape index (κ2) is 8.53. The van der Waals surface area contributed by atoms with Crippen LogP contribution in [0.5, 0.6) is 5.75 Å². The van der Waals surface area contributed by atoms with Crippen LogP contribution in [0, 0.1) is 6.92 Å². The van der Waals surface area contributed by atoms with Gasteiger partial charge in [-0.1, -0.05) is 18.2 Å². The smallest absolute Gasteiger partial charge is 0.125 e. The topological polar surface area (TPSA) is 46.2 Å². The summed E-state index contributed by atoms with van der Waals surface area (Å²) in [4.78, 5) is 4.52. The minimum Gasteiger partial charge on any atom is -0.497 e. The Bertz CT molecular complexity index is 611. The van der Waals surface area contributed by atoms with Crippen LogP contribution in [-0.2, 0) is 12.8 Å². The van der Waals surface area contributed by atoms with Crippen molar-refractivity contribution >= 4 is 5.82 Å². The van der Waals surface area contributed by atoms with Gasteiger partial charge in [0, 0.05) is 18.8 Å². The SMILES string of the molecule is CNc1ccc(CCN[C@H](C)Cc2ccc(OC)cc2)c(C)n1. The molecule has 4 nitrogen and oxygen atoms in total. The van der Waals surface area contributed by atoms with E-state index in [9.17, 15) is 0 Å². The van der Waals surface area contributed by atoms with Crippen molar-refractivity contribution in [1.29, 1.82) is 0 Å². The number of rotatable bonds is 8. The Morgan fingerprint density at radius 2 is 1.87 bits per heavy atom. The first-order valence-electron chi connectivity index (χ1n) is 8.13. The lowest BCUT2D eigenvalue weighted by Gasteiger charge is -2.15. The Morgan fingerprint density at radius 1 is 1.13 bits per heavy atom. The second-order valence-electron chi connectivity index (χ2n) is 5.85. The molecule has 2 aromatic rings. The fourth-order valence-electron chi connectivity index (χ4n) is 2.63. The molecule has 0 unspecified atom stereocenters. The number of methoxy groups -OCH3 is 1. The molecule has 2 rings (SSSR count). The van der Waals surface area contributed by atoms with Gasteiger partial charge in [-0.3, -0.25) is 0 Å². The minimum atomic E-state index is 0.438. The summed E-state index contributed by atoms with van der Waals surface area (Å²) in [6, 6.07) is 12.9. The van der Waals surface area contributed by atoms with E-state index in [4.69, 9.17) is 4.74 Å². The maximum Gasteiger partial charge on any atom is 0.125 e. The van der Waals surface area contributed by atoms with Gasteiger partial charge in [0.05, 0.1) is 7.11 Å². The van der Waals surface area contributed by atoms with Gasteiger partial charge in [-0.2, -0.15) is 0 Å². The summed E-state index contributed by atoms with van der Waals surface area (Å²) in [5.74, 6) is 1.83. The molecule has 1 aromatic heterocycles. The number of nitrogens with zero attached hydrogens (tertiary/aromatic N) is 1. The molecule has 4 heteroatoms. The van der Waals surface area contributed by atoms with Gasteiger partial charge in [-0.25, -0.2) is 4.98 Å². The summed E-state index contributed by atoms with van der Waals surface area (Å²) in [5.41, 5.74) is 3.72. The van der Waals surface area contributed by atoms with Crippen LogP contribution in [0.1, 0.15) is 23.7 Å². The largest absolute Gasteiger partial charge is 0.497 e. The third-order valence-electron chi connectivity index (χ3n) is 4.04. The average molecular weight is 313 g/mol. The van der Waals surface area contributed by atoms with Crippen molar-refractivity contribution in [2.75, 3.05) is 26.0 Å². The van der Waals surface area contributed by atoms with Crippen LogP contribution in [0.3, 0.4) is 0 Å².